The summed E-state index contributed by atoms with van der Waals surface area (Å²) in [7, 11) is 0. The Hall–Kier alpha value is -1.51. The van der Waals surface area contributed by atoms with Gasteiger partial charge in [0.25, 0.3) is 0 Å². The van der Waals surface area contributed by atoms with E-state index in [2.05, 4.69) is 0 Å². The van der Waals surface area contributed by atoms with Crippen LogP contribution in [0.15, 0.2) is 58.7 Å². The van der Waals surface area contributed by atoms with E-state index in [4.69, 9.17) is 0 Å². The van der Waals surface area contributed by atoms with Crippen LogP contribution >= 0.6 is 0 Å². The molecular weight excluding hydrogens is 213 g/mol. The fourth-order valence-electron chi connectivity index (χ4n) is 1.73. The van der Waals surface area contributed by atoms with Crippen LogP contribution in [0.25, 0.3) is 0 Å². The first-order valence-electron chi connectivity index (χ1n) is 5.02. The second kappa shape index (κ2) is 3.81. The largest absolute Gasteiger partial charge is 0.416 e. The summed E-state index contributed by atoms with van der Waals surface area (Å²) in [6.45, 7) is 1.97. The Labute approximate surface area is 92.2 Å². The number of rotatable bonds is 0. The Morgan fingerprint density at radius 1 is 1.06 bits per heavy atom. The van der Waals surface area contributed by atoms with Crippen LogP contribution in [0.4, 0.5) is 13.2 Å². The first kappa shape index (κ1) is 11.0. The van der Waals surface area contributed by atoms with Gasteiger partial charge in [0.2, 0.25) is 0 Å². The molecule has 2 aliphatic rings. The van der Waals surface area contributed by atoms with E-state index in [9.17, 15) is 13.2 Å². The molecule has 0 heterocycles. The number of hydrogen-bond donors (Lipinski definition) is 0. The summed E-state index contributed by atoms with van der Waals surface area (Å²) in [5, 5.41) is 0. The third-order valence-electron chi connectivity index (χ3n) is 2.61. The smallest absolute Gasteiger partial charge is 0.166 e. The Morgan fingerprint density at radius 3 is 2.25 bits per heavy atom. The molecule has 16 heavy (non-hydrogen) atoms. The lowest BCUT2D eigenvalue weighted by atomic mass is 9.98. The monoisotopic (exact) mass is 224 g/mol. The molecular formula is C13H11F3. The zero-order valence-electron chi connectivity index (χ0n) is 8.81. The van der Waals surface area contributed by atoms with Crippen molar-refractivity contribution >= 4 is 0 Å². The average Bonchev–Trinajstić information content (AvgIpc) is 2.64. The van der Waals surface area contributed by atoms with E-state index in [-0.39, 0.29) is 0 Å². The summed E-state index contributed by atoms with van der Waals surface area (Å²) in [6, 6.07) is 0. The maximum absolute atomic E-state index is 12.3. The minimum Gasteiger partial charge on any atom is -0.166 e. The summed E-state index contributed by atoms with van der Waals surface area (Å²) in [5.41, 5.74) is 2.51. The molecule has 2 aliphatic carbocycles. The van der Waals surface area contributed by atoms with Gasteiger partial charge in [-0.25, -0.2) is 0 Å². The molecule has 0 aliphatic heterocycles. The molecule has 0 N–H and O–H groups in total. The van der Waals surface area contributed by atoms with E-state index in [1.165, 1.54) is 6.08 Å². The SMILES string of the molecule is CC1=C/C(=C2\C=CC(C(F)(F)F)=CC2)C=C1. The lowest BCUT2D eigenvalue weighted by molar-refractivity contribution is -0.0885. The van der Waals surface area contributed by atoms with Crippen LogP contribution in [0, 0.1) is 0 Å². The third-order valence-corrected chi connectivity index (χ3v) is 2.61. The highest BCUT2D eigenvalue weighted by atomic mass is 19.4. The molecule has 3 heteroatoms. The van der Waals surface area contributed by atoms with Crippen molar-refractivity contribution in [1.82, 2.24) is 0 Å². The Balaban J connectivity index is 2.22. The molecule has 0 atom stereocenters. The molecule has 0 saturated heterocycles. The minimum atomic E-state index is -4.23. The van der Waals surface area contributed by atoms with E-state index >= 15 is 0 Å². The predicted octanol–water partition coefficient (Wildman–Crippen LogP) is 4.25. The number of halogens is 3. The van der Waals surface area contributed by atoms with E-state index < -0.39 is 11.7 Å². The van der Waals surface area contributed by atoms with Crippen LogP contribution < -0.4 is 0 Å². The number of alkyl halides is 3. The summed E-state index contributed by atoms with van der Waals surface area (Å²) in [4.78, 5) is 0. The maximum atomic E-state index is 12.3. The standard InChI is InChI=1S/C13H11F3/c1-9-2-3-11(8-9)10-4-6-12(7-5-10)13(14,15)16/h2-4,6-8H,5H2,1H3/b11-10+. The van der Waals surface area contributed by atoms with Crippen molar-refractivity contribution in [2.24, 2.45) is 0 Å². The topological polar surface area (TPSA) is 0 Å². The van der Waals surface area contributed by atoms with Crippen LogP contribution in [0.2, 0.25) is 0 Å². The van der Waals surface area contributed by atoms with Crippen molar-refractivity contribution in [3.05, 3.63) is 58.7 Å². The molecule has 0 spiro atoms. The highest BCUT2D eigenvalue weighted by Crippen LogP contribution is 2.32. The van der Waals surface area contributed by atoms with Crippen LogP contribution in [0.1, 0.15) is 13.3 Å². The third kappa shape index (κ3) is 2.18. The molecule has 0 aromatic heterocycles. The van der Waals surface area contributed by atoms with Gasteiger partial charge < -0.3 is 0 Å². The molecule has 0 unspecified atom stereocenters. The molecule has 0 aromatic rings. The molecule has 0 aromatic carbocycles. The zero-order valence-corrected chi connectivity index (χ0v) is 8.81. The quantitative estimate of drug-likeness (QED) is 0.577. The second-order valence-corrected chi connectivity index (χ2v) is 3.90. The molecule has 2 rings (SSSR count). The zero-order chi connectivity index (χ0) is 11.8. The Bertz CT molecular complexity index is 454. The van der Waals surface area contributed by atoms with Gasteiger partial charge in [-0.3, -0.25) is 0 Å². The minimum absolute atomic E-state index is 0.342. The lowest BCUT2D eigenvalue weighted by Crippen LogP contribution is -2.11. The van der Waals surface area contributed by atoms with Gasteiger partial charge >= 0.3 is 6.18 Å². The van der Waals surface area contributed by atoms with Crippen molar-refractivity contribution in [3.63, 3.8) is 0 Å². The van der Waals surface area contributed by atoms with E-state index in [0.717, 1.165) is 22.8 Å². The van der Waals surface area contributed by atoms with Gasteiger partial charge in [-0.15, -0.1) is 0 Å². The van der Waals surface area contributed by atoms with Crippen LogP contribution in [-0.4, -0.2) is 6.18 Å². The molecule has 0 radical (unpaired) electrons. The average molecular weight is 224 g/mol. The molecule has 0 nitrogen and oxygen atoms in total. The Kier molecular flexibility index (Phi) is 2.62. The first-order valence-corrected chi connectivity index (χ1v) is 5.02. The van der Waals surface area contributed by atoms with Gasteiger partial charge in [-0.1, -0.05) is 42.0 Å². The molecule has 0 bridgehead atoms. The highest BCUT2D eigenvalue weighted by molar-refractivity contribution is 5.53. The van der Waals surface area contributed by atoms with Crippen LogP contribution in [0.5, 0.6) is 0 Å². The molecule has 0 amide bonds. The van der Waals surface area contributed by atoms with E-state index in [0.29, 0.717) is 6.42 Å². The van der Waals surface area contributed by atoms with Gasteiger partial charge in [-0.05, 0) is 24.5 Å². The highest BCUT2D eigenvalue weighted by Gasteiger charge is 2.32. The van der Waals surface area contributed by atoms with E-state index in [1.54, 1.807) is 6.08 Å². The van der Waals surface area contributed by atoms with Crippen molar-refractivity contribution in [2.45, 2.75) is 19.5 Å². The van der Waals surface area contributed by atoms with Crippen molar-refractivity contribution in [1.29, 1.82) is 0 Å². The van der Waals surface area contributed by atoms with Gasteiger partial charge in [-0.2, -0.15) is 13.2 Å². The van der Waals surface area contributed by atoms with Crippen LogP contribution in [0.3, 0.4) is 0 Å². The fraction of sp³-hybridized carbons (Fsp3) is 0.231. The Morgan fingerprint density at radius 2 is 1.81 bits per heavy atom. The van der Waals surface area contributed by atoms with Gasteiger partial charge in [0.05, 0.1) is 5.57 Å². The number of allylic oxidation sites excluding steroid dienone is 10. The van der Waals surface area contributed by atoms with Gasteiger partial charge in [0.15, 0.2) is 0 Å². The fourth-order valence-corrected chi connectivity index (χ4v) is 1.73. The van der Waals surface area contributed by atoms with Gasteiger partial charge in [0, 0.05) is 0 Å². The van der Waals surface area contributed by atoms with Crippen molar-refractivity contribution < 1.29 is 13.2 Å². The number of hydrogen-bond acceptors (Lipinski definition) is 0. The van der Waals surface area contributed by atoms with Crippen molar-refractivity contribution in [3.8, 4) is 0 Å². The second-order valence-electron chi connectivity index (χ2n) is 3.90. The predicted molar refractivity (Wildman–Crippen MR) is 57.8 cm³/mol. The van der Waals surface area contributed by atoms with Crippen LogP contribution in [-0.2, 0) is 0 Å². The summed E-state index contributed by atoms with van der Waals surface area (Å²) in [5.74, 6) is 0. The normalized spacial score (nSPS) is 24.8. The maximum Gasteiger partial charge on any atom is 0.416 e. The molecule has 0 saturated carbocycles. The summed E-state index contributed by atoms with van der Waals surface area (Å²) in [6.07, 6.45) is 5.90. The summed E-state index contributed by atoms with van der Waals surface area (Å²) >= 11 is 0. The molecule has 84 valence electrons. The van der Waals surface area contributed by atoms with Crippen molar-refractivity contribution in [2.75, 3.05) is 0 Å². The summed E-state index contributed by atoms with van der Waals surface area (Å²) < 4.78 is 37.0. The molecule has 0 fully saturated rings. The first-order chi connectivity index (χ1) is 7.47. The van der Waals surface area contributed by atoms with E-state index in [1.807, 2.05) is 25.2 Å². The lowest BCUT2D eigenvalue weighted by Gasteiger charge is -2.13. The van der Waals surface area contributed by atoms with Gasteiger partial charge in [0.1, 0.15) is 0 Å².